The Labute approximate surface area is 176 Å². The van der Waals surface area contributed by atoms with Crippen molar-refractivity contribution in [3.05, 3.63) is 54.1 Å². The summed E-state index contributed by atoms with van der Waals surface area (Å²) in [6, 6.07) is 7.67. The van der Waals surface area contributed by atoms with Crippen molar-refractivity contribution >= 4 is 11.8 Å². The van der Waals surface area contributed by atoms with Gasteiger partial charge in [0.25, 0.3) is 0 Å². The minimum Gasteiger partial charge on any atom is -0.348 e. The number of nitrogens with one attached hydrogen (secondary N) is 1. The first-order valence-corrected chi connectivity index (χ1v) is 10.4. The molecule has 30 heavy (non-hydrogen) atoms. The van der Waals surface area contributed by atoms with Gasteiger partial charge in [-0.05, 0) is 42.9 Å². The van der Waals surface area contributed by atoms with Gasteiger partial charge in [0.1, 0.15) is 11.9 Å². The Balaban J connectivity index is 1.66. The van der Waals surface area contributed by atoms with E-state index in [1.54, 1.807) is 17.2 Å². The number of hydrogen-bond donors (Lipinski definition) is 2. The van der Waals surface area contributed by atoms with Crippen LogP contribution < -0.4 is 11.1 Å². The Morgan fingerprint density at radius 2 is 1.90 bits per heavy atom. The fourth-order valence-electron chi connectivity index (χ4n) is 3.73. The second kappa shape index (κ2) is 9.34. The molecule has 1 fully saturated rings. The van der Waals surface area contributed by atoms with Gasteiger partial charge in [-0.2, -0.15) is 0 Å². The number of rotatable bonds is 6. The summed E-state index contributed by atoms with van der Waals surface area (Å²) >= 11 is 0. The maximum Gasteiger partial charge on any atom is 0.243 e. The lowest BCUT2D eigenvalue weighted by molar-refractivity contribution is -0.140. The molecule has 1 saturated heterocycles. The summed E-state index contributed by atoms with van der Waals surface area (Å²) < 4.78 is 13.9. The normalized spacial score (nSPS) is 18.3. The quantitative estimate of drug-likeness (QED) is 0.763. The number of carbonyl (C=O) groups excluding carboxylic acids is 2. The van der Waals surface area contributed by atoms with E-state index in [2.05, 4.69) is 10.3 Å². The van der Waals surface area contributed by atoms with E-state index in [9.17, 15) is 14.0 Å². The lowest BCUT2D eigenvalue weighted by Crippen LogP contribution is -2.52. The van der Waals surface area contributed by atoms with Gasteiger partial charge in [0, 0.05) is 18.3 Å². The standard InChI is InChI=1S/C23H29FN4O2/c1-14(2)21(25)23(30)28-12-4-5-20(28)22(29)27-15(3)16-6-8-17(9-7-16)18-10-11-26-13-19(18)24/h6-11,13-15,20-21H,4-5,12,25H2,1-3H3,(H,27,29). The molecule has 3 unspecified atom stereocenters. The van der Waals surface area contributed by atoms with E-state index >= 15 is 0 Å². The van der Waals surface area contributed by atoms with Crippen LogP contribution in [0.4, 0.5) is 4.39 Å². The number of benzene rings is 1. The van der Waals surface area contributed by atoms with Crippen LogP contribution in [-0.4, -0.2) is 40.3 Å². The summed E-state index contributed by atoms with van der Waals surface area (Å²) in [5, 5.41) is 3.00. The van der Waals surface area contributed by atoms with Crippen molar-refractivity contribution in [3.63, 3.8) is 0 Å². The first kappa shape index (κ1) is 21.9. The number of aromatic nitrogens is 1. The molecule has 0 spiro atoms. The molecule has 0 aliphatic carbocycles. The summed E-state index contributed by atoms with van der Waals surface area (Å²) in [7, 11) is 0. The fraction of sp³-hybridized carbons (Fsp3) is 0.435. The predicted molar refractivity (Wildman–Crippen MR) is 114 cm³/mol. The van der Waals surface area contributed by atoms with E-state index in [1.165, 1.54) is 6.20 Å². The zero-order valence-electron chi connectivity index (χ0n) is 17.6. The van der Waals surface area contributed by atoms with Crippen LogP contribution in [0, 0.1) is 11.7 Å². The summed E-state index contributed by atoms with van der Waals surface area (Å²) in [4.78, 5) is 30.9. The van der Waals surface area contributed by atoms with Crippen molar-refractivity contribution in [3.8, 4) is 11.1 Å². The molecule has 3 N–H and O–H groups in total. The van der Waals surface area contributed by atoms with Crippen LogP contribution >= 0.6 is 0 Å². The molecule has 7 heteroatoms. The van der Waals surface area contributed by atoms with Crippen LogP contribution in [0.5, 0.6) is 0 Å². The molecule has 1 aliphatic rings. The predicted octanol–water partition coefficient (Wildman–Crippen LogP) is 3.04. The van der Waals surface area contributed by atoms with E-state index in [4.69, 9.17) is 5.73 Å². The van der Waals surface area contributed by atoms with Gasteiger partial charge in [-0.3, -0.25) is 14.6 Å². The first-order valence-electron chi connectivity index (χ1n) is 10.4. The zero-order chi connectivity index (χ0) is 21.8. The van der Waals surface area contributed by atoms with Gasteiger partial charge in [-0.25, -0.2) is 4.39 Å². The zero-order valence-corrected chi connectivity index (χ0v) is 17.6. The Kier molecular flexibility index (Phi) is 6.82. The van der Waals surface area contributed by atoms with Crippen LogP contribution in [0.2, 0.25) is 0 Å². The van der Waals surface area contributed by atoms with E-state index in [1.807, 2.05) is 45.0 Å². The highest BCUT2D eigenvalue weighted by Crippen LogP contribution is 2.25. The van der Waals surface area contributed by atoms with Crippen LogP contribution in [0.25, 0.3) is 11.1 Å². The molecule has 0 bridgehead atoms. The van der Waals surface area contributed by atoms with E-state index in [-0.39, 0.29) is 29.6 Å². The Morgan fingerprint density at radius 3 is 2.53 bits per heavy atom. The minimum atomic E-state index is -0.600. The Morgan fingerprint density at radius 1 is 1.20 bits per heavy atom. The molecule has 0 radical (unpaired) electrons. The second-order valence-corrected chi connectivity index (χ2v) is 8.17. The van der Waals surface area contributed by atoms with Gasteiger partial charge in [0.2, 0.25) is 11.8 Å². The highest BCUT2D eigenvalue weighted by atomic mass is 19.1. The van der Waals surface area contributed by atoms with Crippen LogP contribution in [0.1, 0.15) is 45.2 Å². The van der Waals surface area contributed by atoms with Crippen molar-refractivity contribution in [2.45, 2.75) is 51.7 Å². The van der Waals surface area contributed by atoms with Crippen molar-refractivity contribution < 1.29 is 14.0 Å². The topological polar surface area (TPSA) is 88.3 Å². The van der Waals surface area contributed by atoms with Gasteiger partial charge >= 0.3 is 0 Å². The molecule has 2 amide bonds. The lowest BCUT2D eigenvalue weighted by Gasteiger charge is -2.29. The molecule has 1 aliphatic heterocycles. The van der Waals surface area contributed by atoms with E-state index < -0.39 is 12.1 Å². The third-order valence-electron chi connectivity index (χ3n) is 5.69. The largest absolute Gasteiger partial charge is 0.348 e. The fourth-order valence-corrected chi connectivity index (χ4v) is 3.73. The van der Waals surface area contributed by atoms with Crippen molar-refractivity contribution in [1.82, 2.24) is 15.2 Å². The van der Waals surface area contributed by atoms with Gasteiger partial charge < -0.3 is 16.0 Å². The lowest BCUT2D eigenvalue weighted by atomic mass is 10.0. The van der Waals surface area contributed by atoms with Gasteiger partial charge in [-0.1, -0.05) is 38.1 Å². The summed E-state index contributed by atoms with van der Waals surface area (Å²) in [6.07, 6.45) is 4.16. The Bertz CT molecular complexity index is 900. The van der Waals surface area contributed by atoms with E-state index in [0.717, 1.165) is 17.5 Å². The number of likely N-dealkylation sites (tertiary alicyclic amines) is 1. The molecular formula is C23H29FN4O2. The van der Waals surface area contributed by atoms with Crippen molar-refractivity contribution in [1.29, 1.82) is 0 Å². The smallest absolute Gasteiger partial charge is 0.243 e. The minimum absolute atomic E-state index is 0.0180. The van der Waals surface area contributed by atoms with Crippen LogP contribution in [0.3, 0.4) is 0 Å². The number of halogens is 1. The number of nitrogens with zero attached hydrogens (tertiary/aromatic N) is 2. The van der Waals surface area contributed by atoms with Gasteiger partial charge in [-0.15, -0.1) is 0 Å². The molecule has 2 aromatic rings. The molecule has 160 valence electrons. The molecule has 3 atom stereocenters. The number of hydrogen-bond acceptors (Lipinski definition) is 4. The molecule has 1 aromatic carbocycles. The highest BCUT2D eigenvalue weighted by molar-refractivity contribution is 5.90. The number of amides is 2. The van der Waals surface area contributed by atoms with Crippen molar-refractivity contribution in [2.24, 2.45) is 11.7 Å². The van der Waals surface area contributed by atoms with Crippen molar-refractivity contribution in [2.75, 3.05) is 6.54 Å². The monoisotopic (exact) mass is 412 g/mol. The van der Waals surface area contributed by atoms with Gasteiger partial charge in [0.05, 0.1) is 18.3 Å². The number of pyridine rings is 1. The maximum atomic E-state index is 13.9. The van der Waals surface area contributed by atoms with Gasteiger partial charge in [0.15, 0.2) is 0 Å². The third-order valence-corrected chi connectivity index (χ3v) is 5.69. The number of carbonyl (C=O) groups is 2. The third kappa shape index (κ3) is 4.67. The molecule has 0 saturated carbocycles. The second-order valence-electron chi connectivity index (χ2n) is 8.17. The highest BCUT2D eigenvalue weighted by Gasteiger charge is 2.37. The maximum absolute atomic E-state index is 13.9. The van der Waals surface area contributed by atoms with Crippen LogP contribution in [0.15, 0.2) is 42.7 Å². The summed E-state index contributed by atoms with van der Waals surface area (Å²) in [5.41, 5.74) is 8.14. The molecule has 6 nitrogen and oxygen atoms in total. The molecule has 3 rings (SSSR count). The average molecular weight is 413 g/mol. The molecular weight excluding hydrogens is 383 g/mol. The van der Waals surface area contributed by atoms with E-state index in [0.29, 0.717) is 18.5 Å². The first-order chi connectivity index (χ1) is 14.3. The SMILES string of the molecule is CC(NC(=O)C1CCCN1C(=O)C(N)C(C)C)c1ccc(-c2ccncc2F)cc1. The summed E-state index contributed by atoms with van der Waals surface area (Å²) in [6.45, 7) is 6.24. The summed E-state index contributed by atoms with van der Waals surface area (Å²) in [5.74, 6) is -0.700. The van der Waals surface area contributed by atoms with Crippen LogP contribution in [-0.2, 0) is 9.59 Å². The molecule has 1 aromatic heterocycles. The Hall–Kier alpha value is -2.80. The number of nitrogens with two attached hydrogens (primary N) is 1. The average Bonchev–Trinajstić information content (AvgIpc) is 3.23. The molecule has 2 heterocycles.